The fraction of sp³-hybridized carbons (Fsp3) is 0.562. The predicted molar refractivity (Wildman–Crippen MR) is 82.6 cm³/mol. The molecule has 2 unspecified atom stereocenters. The topological polar surface area (TPSA) is 58.4 Å². The fourth-order valence-corrected chi connectivity index (χ4v) is 2.73. The molecule has 0 aromatic heterocycles. The second-order valence-electron chi connectivity index (χ2n) is 5.53. The molecule has 1 aliphatic heterocycles. The van der Waals surface area contributed by atoms with Crippen molar-refractivity contribution in [1.82, 2.24) is 4.90 Å². The van der Waals surface area contributed by atoms with Gasteiger partial charge in [0.05, 0.1) is 6.04 Å². The lowest BCUT2D eigenvalue weighted by Gasteiger charge is -2.35. The molecule has 0 bridgehead atoms. The molecule has 20 heavy (non-hydrogen) atoms. The zero-order valence-corrected chi connectivity index (χ0v) is 12.2. The van der Waals surface area contributed by atoms with Gasteiger partial charge in [0.1, 0.15) is 0 Å². The van der Waals surface area contributed by atoms with Crippen molar-refractivity contribution in [2.75, 3.05) is 18.4 Å². The van der Waals surface area contributed by atoms with E-state index in [-0.39, 0.29) is 11.9 Å². The largest absolute Gasteiger partial charge is 0.381 e. The van der Waals surface area contributed by atoms with Crippen molar-refractivity contribution < 1.29 is 4.79 Å². The van der Waals surface area contributed by atoms with Crippen molar-refractivity contribution >= 4 is 11.6 Å². The van der Waals surface area contributed by atoms with Crippen LogP contribution in [0.3, 0.4) is 0 Å². The monoisotopic (exact) mass is 275 g/mol. The number of nitrogens with zero attached hydrogens (tertiary/aromatic N) is 1. The molecule has 110 valence electrons. The Balaban J connectivity index is 1.90. The number of nitrogens with two attached hydrogens (primary N) is 1. The Bertz CT molecular complexity index is 421. The maximum absolute atomic E-state index is 12.3. The molecule has 0 saturated carbocycles. The van der Waals surface area contributed by atoms with Crippen molar-refractivity contribution in [3.63, 3.8) is 0 Å². The fourth-order valence-electron chi connectivity index (χ4n) is 2.73. The molecule has 2 atom stereocenters. The summed E-state index contributed by atoms with van der Waals surface area (Å²) in [5, 5.41) is 3.50. The average Bonchev–Trinajstić information content (AvgIpc) is 2.48. The van der Waals surface area contributed by atoms with Gasteiger partial charge in [-0.1, -0.05) is 31.5 Å². The third-order valence-corrected chi connectivity index (χ3v) is 3.79. The SMILES string of the molecule is CCCC(N)C(=O)N1CCCC(Nc2ccccc2)C1. The summed E-state index contributed by atoms with van der Waals surface area (Å²) in [5.41, 5.74) is 7.06. The van der Waals surface area contributed by atoms with Gasteiger partial charge in [0, 0.05) is 24.8 Å². The molecule has 0 spiro atoms. The van der Waals surface area contributed by atoms with E-state index in [1.54, 1.807) is 0 Å². The van der Waals surface area contributed by atoms with Gasteiger partial charge in [0.2, 0.25) is 5.91 Å². The third kappa shape index (κ3) is 3.97. The number of piperidine rings is 1. The maximum atomic E-state index is 12.3. The molecule has 3 N–H and O–H groups in total. The van der Waals surface area contributed by atoms with Crippen LogP contribution in [0.4, 0.5) is 5.69 Å². The van der Waals surface area contributed by atoms with E-state index in [4.69, 9.17) is 5.73 Å². The molecule has 1 saturated heterocycles. The van der Waals surface area contributed by atoms with Gasteiger partial charge in [0.25, 0.3) is 0 Å². The molecule has 1 heterocycles. The number of carbonyl (C=O) groups excluding carboxylic acids is 1. The highest BCUT2D eigenvalue weighted by Crippen LogP contribution is 2.16. The van der Waals surface area contributed by atoms with E-state index in [0.29, 0.717) is 6.04 Å². The predicted octanol–water partition coefficient (Wildman–Crippen LogP) is 2.22. The zero-order chi connectivity index (χ0) is 14.4. The van der Waals surface area contributed by atoms with Crippen LogP contribution in [0, 0.1) is 0 Å². The Morgan fingerprint density at radius 2 is 2.20 bits per heavy atom. The van der Waals surface area contributed by atoms with Gasteiger partial charge < -0.3 is 16.0 Å². The van der Waals surface area contributed by atoms with Crippen LogP contribution < -0.4 is 11.1 Å². The van der Waals surface area contributed by atoms with Crippen LogP contribution in [0.1, 0.15) is 32.6 Å². The summed E-state index contributed by atoms with van der Waals surface area (Å²) in [7, 11) is 0. The second-order valence-corrected chi connectivity index (χ2v) is 5.53. The van der Waals surface area contributed by atoms with Crippen molar-refractivity contribution in [1.29, 1.82) is 0 Å². The van der Waals surface area contributed by atoms with Gasteiger partial charge in [-0.2, -0.15) is 0 Å². The molecule has 4 nitrogen and oxygen atoms in total. The Labute approximate surface area is 121 Å². The first kappa shape index (κ1) is 14.9. The summed E-state index contributed by atoms with van der Waals surface area (Å²) < 4.78 is 0. The summed E-state index contributed by atoms with van der Waals surface area (Å²) in [6.07, 6.45) is 3.86. The van der Waals surface area contributed by atoms with Gasteiger partial charge in [0.15, 0.2) is 0 Å². The van der Waals surface area contributed by atoms with E-state index in [0.717, 1.165) is 44.5 Å². The van der Waals surface area contributed by atoms with E-state index in [1.807, 2.05) is 23.1 Å². The van der Waals surface area contributed by atoms with Gasteiger partial charge in [-0.15, -0.1) is 0 Å². The number of amides is 1. The minimum atomic E-state index is -0.338. The molecule has 0 aliphatic carbocycles. The minimum Gasteiger partial charge on any atom is -0.381 e. The first-order chi connectivity index (χ1) is 9.70. The highest BCUT2D eigenvalue weighted by Gasteiger charge is 2.26. The van der Waals surface area contributed by atoms with E-state index < -0.39 is 0 Å². The number of rotatable bonds is 5. The van der Waals surface area contributed by atoms with E-state index in [1.165, 1.54) is 0 Å². The lowest BCUT2D eigenvalue weighted by molar-refractivity contribution is -0.133. The quantitative estimate of drug-likeness (QED) is 0.866. The summed E-state index contributed by atoms with van der Waals surface area (Å²) in [6.45, 7) is 3.65. The summed E-state index contributed by atoms with van der Waals surface area (Å²) >= 11 is 0. The molecule has 1 aromatic rings. The maximum Gasteiger partial charge on any atom is 0.239 e. The average molecular weight is 275 g/mol. The number of likely N-dealkylation sites (tertiary alicyclic amines) is 1. The van der Waals surface area contributed by atoms with E-state index >= 15 is 0 Å². The molecule has 1 aliphatic rings. The lowest BCUT2D eigenvalue weighted by atomic mass is 10.0. The second kappa shape index (κ2) is 7.29. The number of anilines is 1. The number of benzene rings is 1. The molecule has 2 rings (SSSR count). The highest BCUT2D eigenvalue weighted by molar-refractivity contribution is 5.81. The molecule has 4 heteroatoms. The number of nitrogens with one attached hydrogen (secondary N) is 1. The molecule has 0 radical (unpaired) electrons. The van der Waals surface area contributed by atoms with Crippen molar-refractivity contribution in [2.45, 2.75) is 44.7 Å². The van der Waals surface area contributed by atoms with Gasteiger partial charge in [-0.3, -0.25) is 4.79 Å². The molecular weight excluding hydrogens is 250 g/mol. The van der Waals surface area contributed by atoms with Crippen molar-refractivity contribution in [3.05, 3.63) is 30.3 Å². The molecule has 1 aromatic carbocycles. The summed E-state index contributed by atoms with van der Waals surface area (Å²) in [4.78, 5) is 14.2. The van der Waals surface area contributed by atoms with Gasteiger partial charge in [-0.05, 0) is 31.4 Å². The zero-order valence-electron chi connectivity index (χ0n) is 12.2. The van der Waals surface area contributed by atoms with Crippen LogP contribution >= 0.6 is 0 Å². The molecular formula is C16H25N3O. The van der Waals surface area contributed by atoms with Gasteiger partial charge >= 0.3 is 0 Å². The molecule has 1 amide bonds. The van der Waals surface area contributed by atoms with Crippen LogP contribution in [-0.4, -0.2) is 36.0 Å². The van der Waals surface area contributed by atoms with Crippen LogP contribution in [0.2, 0.25) is 0 Å². The molecule has 1 fully saturated rings. The Morgan fingerprint density at radius 1 is 1.45 bits per heavy atom. The number of hydrogen-bond donors (Lipinski definition) is 2. The highest BCUT2D eigenvalue weighted by atomic mass is 16.2. The minimum absolute atomic E-state index is 0.103. The van der Waals surface area contributed by atoms with Gasteiger partial charge in [-0.25, -0.2) is 0 Å². The summed E-state index contributed by atoms with van der Waals surface area (Å²) in [6, 6.07) is 10.1. The third-order valence-electron chi connectivity index (χ3n) is 3.79. The Hall–Kier alpha value is -1.55. The van der Waals surface area contributed by atoms with Crippen molar-refractivity contribution in [2.24, 2.45) is 5.73 Å². The Morgan fingerprint density at radius 3 is 2.90 bits per heavy atom. The lowest BCUT2D eigenvalue weighted by Crippen LogP contribution is -2.50. The van der Waals surface area contributed by atoms with Crippen LogP contribution in [-0.2, 0) is 4.79 Å². The van der Waals surface area contributed by atoms with E-state index in [2.05, 4.69) is 24.4 Å². The smallest absolute Gasteiger partial charge is 0.239 e. The van der Waals surface area contributed by atoms with Crippen LogP contribution in [0.5, 0.6) is 0 Å². The number of para-hydroxylation sites is 1. The van der Waals surface area contributed by atoms with Crippen LogP contribution in [0.25, 0.3) is 0 Å². The first-order valence-corrected chi connectivity index (χ1v) is 7.56. The van der Waals surface area contributed by atoms with Crippen LogP contribution in [0.15, 0.2) is 30.3 Å². The standard InChI is InChI=1S/C16H25N3O/c1-2-7-15(17)16(20)19-11-6-10-14(12-19)18-13-8-4-3-5-9-13/h3-5,8-9,14-15,18H,2,6-7,10-12,17H2,1H3. The summed E-state index contributed by atoms with van der Waals surface area (Å²) in [5.74, 6) is 0.103. The number of carbonyl (C=O) groups is 1. The number of hydrogen-bond acceptors (Lipinski definition) is 3. The first-order valence-electron chi connectivity index (χ1n) is 7.56. The van der Waals surface area contributed by atoms with Crippen molar-refractivity contribution in [3.8, 4) is 0 Å². The normalized spacial score (nSPS) is 20.5. The Kier molecular flexibility index (Phi) is 5.41. The van der Waals surface area contributed by atoms with E-state index in [9.17, 15) is 4.79 Å².